The molecule has 15 heavy (non-hydrogen) atoms. The predicted molar refractivity (Wildman–Crippen MR) is 67.2 cm³/mol. The second kappa shape index (κ2) is 5.76. The number of rotatable bonds is 5. The molecule has 2 N–H and O–H groups in total. The molecule has 0 radical (unpaired) electrons. The highest BCUT2D eigenvalue weighted by molar-refractivity contribution is 5.54. The minimum Gasteiger partial charge on any atom is -0.374 e. The Labute approximate surface area is 93.1 Å². The molecule has 0 amide bonds. The molecular formula is C13H22N2. The quantitative estimate of drug-likeness (QED) is 0.802. The fourth-order valence-corrected chi connectivity index (χ4v) is 1.74. The number of nitrogens with two attached hydrogens (primary N) is 1. The van der Waals surface area contributed by atoms with Crippen molar-refractivity contribution in [1.82, 2.24) is 0 Å². The average Bonchev–Trinajstić information content (AvgIpc) is 2.25. The van der Waals surface area contributed by atoms with Crippen LogP contribution in [0.2, 0.25) is 0 Å². The summed E-state index contributed by atoms with van der Waals surface area (Å²) in [6.07, 6.45) is 2.45. The number of para-hydroxylation sites is 1. The monoisotopic (exact) mass is 206 g/mol. The zero-order valence-electron chi connectivity index (χ0n) is 10.0. The van der Waals surface area contributed by atoms with E-state index in [4.69, 9.17) is 5.73 Å². The maximum Gasteiger partial charge on any atom is 0.0411 e. The molecular weight excluding hydrogens is 184 g/mol. The summed E-state index contributed by atoms with van der Waals surface area (Å²) in [4.78, 5) is 2.29. The molecule has 0 unspecified atom stereocenters. The maximum absolute atomic E-state index is 5.95. The summed E-state index contributed by atoms with van der Waals surface area (Å²) in [5.41, 5.74) is 8.45. The van der Waals surface area contributed by atoms with Gasteiger partial charge in [-0.15, -0.1) is 0 Å². The first-order chi connectivity index (χ1) is 7.16. The van der Waals surface area contributed by atoms with Gasteiger partial charge in [-0.05, 0) is 25.0 Å². The Balaban J connectivity index is 2.82. The third kappa shape index (κ3) is 3.24. The van der Waals surface area contributed by atoms with E-state index >= 15 is 0 Å². The second-order valence-corrected chi connectivity index (χ2v) is 4.12. The van der Waals surface area contributed by atoms with E-state index in [1.54, 1.807) is 0 Å². The average molecular weight is 206 g/mol. The summed E-state index contributed by atoms with van der Waals surface area (Å²) in [6.45, 7) is 5.35. The third-order valence-corrected chi connectivity index (χ3v) is 2.69. The number of hydrogen-bond acceptors (Lipinski definition) is 2. The fourth-order valence-electron chi connectivity index (χ4n) is 1.74. The SMILES string of the molecule is CCCCN(C)c1ccccc1[C@H](C)N. The lowest BCUT2D eigenvalue weighted by molar-refractivity contribution is 0.751. The number of benzene rings is 1. The van der Waals surface area contributed by atoms with E-state index in [9.17, 15) is 0 Å². The smallest absolute Gasteiger partial charge is 0.0411 e. The van der Waals surface area contributed by atoms with E-state index < -0.39 is 0 Å². The summed E-state index contributed by atoms with van der Waals surface area (Å²) in [7, 11) is 2.14. The molecule has 84 valence electrons. The van der Waals surface area contributed by atoms with E-state index in [1.165, 1.54) is 24.1 Å². The van der Waals surface area contributed by atoms with Crippen molar-refractivity contribution in [3.8, 4) is 0 Å². The van der Waals surface area contributed by atoms with Gasteiger partial charge in [-0.3, -0.25) is 0 Å². The minimum atomic E-state index is 0.102. The molecule has 0 saturated carbocycles. The molecule has 0 spiro atoms. The van der Waals surface area contributed by atoms with Crippen LogP contribution in [0.1, 0.15) is 38.3 Å². The van der Waals surface area contributed by atoms with Gasteiger partial charge in [0.15, 0.2) is 0 Å². The number of hydrogen-bond donors (Lipinski definition) is 1. The Morgan fingerprint density at radius 1 is 1.33 bits per heavy atom. The van der Waals surface area contributed by atoms with Crippen molar-refractivity contribution in [2.75, 3.05) is 18.5 Å². The molecule has 0 fully saturated rings. The van der Waals surface area contributed by atoms with Gasteiger partial charge in [-0.1, -0.05) is 31.5 Å². The molecule has 0 aliphatic rings. The summed E-state index contributed by atoms with van der Waals surface area (Å²) < 4.78 is 0. The number of nitrogens with zero attached hydrogens (tertiary/aromatic N) is 1. The van der Waals surface area contributed by atoms with Crippen LogP contribution in [0, 0.1) is 0 Å². The van der Waals surface area contributed by atoms with Crippen LogP contribution in [-0.2, 0) is 0 Å². The molecule has 1 aromatic carbocycles. The van der Waals surface area contributed by atoms with Crippen molar-refractivity contribution < 1.29 is 0 Å². The molecule has 1 atom stereocenters. The number of anilines is 1. The van der Waals surface area contributed by atoms with Crippen LogP contribution in [0.25, 0.3) is 0 Å². The Morgan fingerprint density at radius 3 is 2.60 bits per heavy atom. The Bertz CT molecular complexity index is 294. The molecule has 0 saturated heterocycles. The molecule has 0 heterocycles. The van der Waals surface area contributed by atoms with Crippen molar-refractivity contribution >= 4 is 5.69 Å². The van der Waals surface area contributed by atoms with Gasteiger partial charge in [-0.2, -0.15) is 0 Å². The first-order valence-electron chi connectivity index (χ1n) is 5.72. The second-order valence-electron chi connectivity index (χ2n) is 4.12. The molecule has 0 aliphatic carbocycles. The van der Waals surface area contributed by atoms with Gasteiger partial charge >= 0.3 is 0 Å². The zero-order chi connectivity index (χ0) is 11.3. The van der Waals surface area contributed by atoms with Crippen LogP contribution >= 0.6 is 0 Å². The lowest BCUT2D eigenvalue weighted by atomic mass is 10.1. The van der Waals surface area contributed by atoms with Gasteiger partial charge in [0, 0.05) is 25.3 Å². The summed E-state index contributed by atoms with van der Waals surface area (Å²) in [5, 5.41) is 0. The van der Waals surface area contributed by atoms with Crippen molar-refractivity contribution in [3.63, 3.8) is 0 Å². The number of unbranched alkanes of at least 4 members (excludes halogenated alkanes) is 1. The zero-order valence-corrected chi connectivity index (χ0v) is 10.0. The molecule has 0 bridgehead atoms. The van der Waals surface area contributed by atoms with Crippen molar-refractivity contribution in [1.29, 1.82) is 0 Å². The molecule has 0 aliphatic heterocycles. The third-order valence-electron chi connectivity index (χ3n) is 2.69. The summed E-state index contributed by atoms with van der Waals surface area (Å²) >= 11 is 0. The minimum absolute atomic E-state index is 0.102. The summed E-state index contributed by atoms with van der Waals surface area (Å²) in [5.74, 6) is 0. The Morgan fingerprint density at radius 2 is 2.00 bits per heavy atom. The normalized spacial score (nSPS) is 12.5. The van der Waals surface area contributed by atoms with Gasteiger partial charge in [0.05, 0.1) is 0 Å². The van der Waals surface area contributed by atoms with Crippen LogP contribution in [0.3, 0.4) is 0 Å². The Hall–Kier alpha value is -1.02. The van der Waals surface area contributed by atoms with Crippen LogP contribution in [0.5, 0.6) is 0 Å². The van der Waals surface area contributed by atoms with Gasteiger partial charge in [0.25, 0.3) is 0 Å². The van der Waals surface area contributed by atoms with Crippen LogP contribution in [0.4, 0.5) is 5.69 Å². The maximum atomic E-state index is 5.95. The first kappa shape index (κ1) is 12.1. The molecule has 1 aromatic rings. The predicted octanol–water partition coefficient (Wildman–Crippen LogP) is 2.94. The van der Waals surface area contributed by atoms with Crippen LogP contribution in [-0.4, -0.2) is 13.6 Å². The largest absolute Gasteiger partial charge is 0.374 e. The van der Waals surface area contributed by atoms with E-state index in [1.807, 2.05) is 6.92 Å². The van der Waals surface area contributed by atoms with Crippen LogP contribution in [0.15, 0.2) is 24.3 Å². The molecule has 0 aromatic heterocycles. The highest BCUT2D eigenvalue weighted by Gasteiger charge is 2.08. The van der Waals surface area contributed by atoms with Crippen molar-refractivity contribution in [2.24, 2.45) is 5.73 Å². The van der Waals surface area contributed by atoms with Gasteiger partial charge in [0.2, 0.25) is 0 Å². The standard InChI is InChI=1S/C13H22N2/c1-4-5-10-15(3)13-9-7-6-8-12(13)11(2)14/h6-9,11H,4-5,10,14H2,1-3H3/t11-/m0/s1. The molecule has 2 heteroatoms. The van der Waals surface area contributed by atoms with Crippen molar-refractivity contribution in [3.05, 3.63) is 29.8 Å². The van der Waals surface area contributed by atoms with Gasteiger partial charge in [-0.25, -0.2) is 0 Å². The van der Waals surface area contributed by atoms with E-state index in [0.29, 0.717) is 0 Å². The van der Waals surface area contributed by atoms with Crippen LogP contribution < -0.4 is 10.6 Å². The highest BCUT2D eigenvalue weighted by atomic mass is 15.1. The molecule has 2 nitrogen and oxygen atoms in total. The topological polar surface area (TPSA) is 29.3 Å². The van der Waals surface area contributed by atoms with Crippen molar-refractivity contribution in [2.45, 2.75) is 32.7 Å². The molecule has 1 rings (SSSR count). The van der Waals surface area contributed by atoms with E-state index in [2.05, 4.69) is 43.1 Å². The first-order valence-corrected chi connectivity index (χ1v) is 5.72. The fraction of sp³-hybridized carbons (Fsp3) is 0.538. The highest BCUT2D eigenvalue weighted by Crippen LogP contribution is 2.24. The lowest BCUT2D eigenvalue weighted by Crippen LogP contribution is -2.21. The Kier molecular flexibility index (Phi) is 4.63. The van der Waals surface area contributed by atoms with E-state index in [-0.39, 0.29) is 6.04 Å². The van der Waals surface area contributed by atoms with Gasteiger partial charge in [0.1, 0.15) is 0 Å². The summed E-state index contributed by atoms with van der Waals surface area (Å²) in [6, 6.07) is 8.49. The lowest BCUT2D eigenvalue weighted by Gasteiger charge is -2.23. The van der Waals surface area contributed by atoms with Gasteiger partial charge < -0.3 is 10.6 Å². The van der Waals surface area contributed by atoms with E-state index in [0.717, 1.165) is 6.54 Å².